The van der Waals surface area contributed by atoms with Crippen molar-refractivity contribution in [3.63, 3.8) is 0 Å². The second-order valence-corrected chi connectivity index (χ2v) is 23.4. The van der Waals surface area contributed by atoms with E-state index in [0.717, 1.165) is 103 Å². The predicted octanol–water partition coefficient (Wildman–Crippen LogP) is 24.2. The zero-order valence-corrected chi connectivity index (χ0v) is 53.8. The number of rotatable bonds is 64. The molecule has 6 heteroatoms. The molecule has 0 aromatic heterocycles. The summed E-state index contributed by atoms with van der Waals surface area (Å²) >= 11 is 0. The van der Waals surface area contributed by atoms with Crippen molar-refractivity contribution in [2.45, 2.75) is 361 Å². The fraction of sp³-hybridized carbons (Fsp3) is 0.773. The summed E-state index contributed by atoms with van der Waals surface area (Å²) in [5, 5.41) is 0. The number of hydrogen-bond acceptors (Lipinski definition) is 6. The van der Waals surface area contributed by atoms with Gasteiger partial charge in [0.05, 0.1) is 0 Å². The number of unbranched alkanes of at least 4 members (excludes halogenated alkanes) is 39. The normalized spacial score (nSPS) is 12.6. The van der Waals surface area contributed by atoms with E-state index in [-0.39, 0.29) is 31.1 Å². The maximum atomic E-state index is 12.9. The molecule has 0 aromatic rings. The van der Waals surface area contributed by atoms with Gasteiger partial charge in [0, 0.05) is 19.3 Å². The lowest BCUT2D eigenvalue weighted by Crippen LogP contribution is -2.30. The fourth-order valence-electron chi connectivity index (χ4n) is 10.2. The summed E-state index contributed by atoms with van der Waals surface area (Å²) < 4.78 is 16.9. The van der Waals surface area contributed by atoms with Gasteiger partial charge in [-0.05, 0) is 96.3 Å². The van der Waals surface area contributed by atoms with Crippen molar-refractivity contribution in [3.8, 4) is 0 Å². The van der Waals surface area contributed by atoms with Crippen LogP contribution in [0.2, 0.25) is 0 Å². The minimum absolute atomic E-state index is 0.0763. The molecule has 0 bridgehead atoms. The highest BCUT2D eigenvalue weighted by molar-refractivity contribution is 5.71. The molecule has 0 fully saturated rings. The van der Waals surface area contributed by atoms with Crippen LogP contribution in [0.1, 0.15) is 355 Å². The van der Waals surface area contributed by atoms with E-state index in [1.54, 1.807) is 0 Å². The van der Waals surface area contributed by atoms with Crippen molar-refractivity contribution in [2.24, 2.45) is 0 Å². The van der Waals surface area contributed by atoms with Gasteiger partial charge in [-0.25, -0.2) is 0 Å². The molecule has 0 rings (SSSR count). The van der Waals surface area contributed by atoms with Crippen LogP contribution in [0.3, 0.4) is 0 Å². The molecule has 0 amide bonds. The molecule has 0 saturated heterocycles. The molecule has 0 aliphatic heterocycles. The summed E-state index contributed by atoms with van der Waals surface area (Å²) in [6.07, 6.45) is 92.1. The van der Waals surface area contributed by atoms with Gasteiger partial charge in [0.25, 0.3) is 0 Å². The maximum Gasteiger partial charge on any atom is 0.306 e. The summed E-state index contributed by atoms with van der Waals surface area (Å²) in [5.41, 5.74) is 0. The number of esters is 3. The highest BCUT2D eigenvalue weighted by Crippen LogP contribution is 2.17. The van der Waals surface area contributed by atoms with Crippen molar-refractivity contribution in [2.75, 3.05) is 13.2 Å². The Labute approximate surface area is 503 Å². The molecule has 0 N–H and O–H groups in total. The molecule has 0 radical (unpaired) electrons. The first-order chi connectivity index (χ1) is 40.0. The van der Waals surface area contributed by atoms with Crippen molar-refractivity contribution in [3.05, 3.63) is 85.1 Å². The van der Waals surface area contributed by atoms with Gasteiger partial charge in [0.15, 0.2) is 6.10 Å². The molecule has 0 heterocycles. The lowest BCUT2D eigenvalue weighted by atomic mass is 10.0. The molecule has 0 aliphatic rings. The second-order valence-electron chi connectivity index (χ2n) is 23.4. The Kier molecular flexibility index (Phi) is 66.2. The fourth-order valence-corrected chi connectivity index (χ4v) is 10.2. The van der Waals surface area contributed by atoms with E-state index in [2.05, 4.69) is 106 Å². The Hall–Kier alpha value is -3.41. The third kappa shape index (κ3) is 67.3. The van der Waals surface area contributed by atoms with Crippen LogP contribution in [0, 0.1) is 0 Å². The molecule has 0 spiro atoms. The monoisotopic (exact) mass is 1130 g/mol. The number of allylic oxidation sites excluding steroid dienone is 14. The van der Waals surface area contributed by atoms with E-state index in [1.165, 1.54) is 212 Å². The molecule has 0 saturated carbocycles. The lowest BCUT2D eigenvalue weighted by molar-refractivity contribution is -0.167. The highest BCUT2D eigenvalue weighted by Gasteiger charge is 2.19. The number of hydrogen-bond donors (Lipinski definition) is 0. The Balaban J connectivity index is 4.08. The molecule has 1 atom stereocenters. The zero-order chi connectivity index (χ0) is 58.5. The van der Waals surface area contributed by atoms with Crippen LogP contribution in [-0.2, 0) is 28.6 Å². The van der Waals surface area contributed by atoms with Crippen LogP contribution < -0.4 is 0 Å². The van der Waals surface area contributed by atoms with Crippen molar-refractivity contribution >= 4 is 17.9 Å². The topological polar surface area (TPSA) is 78.9 Å². The highest BCUT2D eigenvalue weighted by atomic mass is 16.6. The first kappa shape index (κ1) is 77.6. The molecular formula is C75H132O6. The van der Waals surface area contributed by atoms with Crippen LogP contribution in [-0.4, -0.2) is 37.2 Å². The quantitative estimate of drug-likeness (QED) is 0.0261. The van der Waals surface area contributed by atoms with Crippen LogP contribution >= 0.6 is 0 Å². The molecule has 0 aliphatic carbocycles. The lowest BCUT2D eigenvalue weighted by Gasteiger charge is -2.18. The summed E-state index contributed by atoms with van der Waals surface area (Å²) in [5.74, 6) is -0.876. The summed E-state index contributed by atoms with van der Waals surface area (Å²) in [6, 6.07) is 0. The zero-order valence-electron chi connectivity index (χ0n) is 53.8. The van der Waals surface area contributed by atoms with Crippen LogP contribution in [0.4, 0.5) is 0 Å². The van der Waals surface area contributed by atoms with Crippen molar-refractivity contribution in [1.29, 1.82) is 0 Å². The van der Waals surface area contributed by atoms with E-state index in [4.69, 9.17) is 14.2 Å². The van der Waals surface area contributed by atoms with Gasteiger partial charge >= 0.3 is 17.9 Å². The first-order valence-electron chi connectivity index (χ1n) is 35.1. The minimum atomic E-state index is -0.779. The average molecular weight is 1130 g/mol. The van der Waals surface area contributed by atoms with E-state index in [9.17, 15) is 14.4 Å². The standard InChI is InChI=1S/C75H132O6/c1-4-7-10-13-16-18-20-22-24-26-28-30-32-34-36-37-39-40-42-44-46-48-50-52-54-56-59-62-65-68-74(77)80-71-72(70-79-73(76)67-64-61-58-15-12-9-6-3)81-75(78)69-66-63-60-57-55-53-51-49-47-45-43-41-38-35-33-31-29-27-25-23-21-19-17-14-11-8-5-2/h8,11,17,19,23,25-26,28-29,31,35,38,43,45,72H,4-7,9-10,12-16,18,20-22,24,27,30,32-34,36-37,39-42,44,46-71H2,1-3H3/b11-8-,19-17-,25-23-,28-26-,31-29-,38-35-,45-43-. The van der Waals surface area contributed by atoms with Gasteiger partial charge in [0.1, 0.15) is 13.2 Å². The summed E-state index contributed by atoms with van der Waals surface area (Å²) in [6.45, 7) is 6.52. The van der Waals surface area contributed by atoms with E-state index < -0.39 is 6.10 Å². The number of ether oxygens (including phenoxy) is 3. The minimum Gasteiger partial charge on any atom is -0.462 e. The first-order valence-corrected chi connectivity index (χ1v) is 35.1. The van der Waals surface area contributed by atoms with E-state index in [1.807, 2.05) is 0 Å². The molecule has 0 aromatic carbocycles. The SMILES string of the molecule is CC/C=C\C/C=C\C/C=C\C/C=C\C/C=C\C/C=C\CCCCCCCCCCC(=O)OC(COC(=O)CCCCCCCCC)COC(=O)CCCCCCCCCCCCCCCCCCC/C=C\CCCCCCCCCC. The third-order valence-corrected chi connectivity index (χ3v) is 15.4. The van der Waals surface area contributed by atoms with Crippen LogP contribution in [0.15, 0.2) is 85.1 Å². The van der Waals surface area contributed by atoms with E-state index >= 15 is 0 Å². The van der Waals surface area contributed by atoms with Crippen LogP contribution in [0.25, 0.3) is 0 Å². The molecular weight excluding hydrogens is 997 g/mol. The van der Waals surface area contributed by atoms with Crippen molar-refractivity contribution in [1.82, 2.24) is 0 Å². The van der Waals surface area contributed by atoms with Gasteiger partial charge < -0.3 is 14.2 Å². The molecule has 468 valence electrons. The second kappa shape index (κ2) is 69.1. The molecule has 6 nitrogen and oxygen atoms in total. The summed E-state index contributed by atoms with van der Waals surface area (Å²) in [4.78, 5) is 38.2. The number of carbonyl (C=O) groups is 3. The average Bonchev–Trinajstić information content (AvgIpc) is 3.46. The Morgan fingerprint density at radius 1 is 0.259 bits per heavy atom. The smallest absolute Gasteiger partial charge is 0.306 e. The van der Waals surface area contributed by atoms with Gasteiger partial charge in [-0.3, -0.25) is 14.4 Å². The Morgan fingerprint density at radius 3 is 0.765 bits per heavy atom. The Bertz CT molecular complexity index is 1530. The van der Waals surface area contributed by atoms with Gasteiger partial charge in [-0.1, -0.05) is 324 Å². The third-order valence-electron chi connectivity index (χ3n) is 15.4. The van der Waals surface area contributed by atoms with E-state index in [0.29, 0.717) is 19.3 Å². The number of carbonyl (C=O) groups excluding carboxylic acids is 3. The van der Waals surface area contributed by atoms with Gasteiger partial charge in [-0.2, -0.15) is 0 Å². The van der Waals surface area contributed by atoms with Gasteiger partial charge in [0.2, 0.25) is 0 Å². The molecule has 81 heavy (non-hydrogen) atoms. The van der Waals surface area contributed by atoms with Crippen LogP contribution in [0.5, 0.6) is 0 Å². The molecule has 1 unspecified atom stereocenters. The maximum absolute atomic E-state index is 12.9. The van der Waals surface area contributed by atoms with Crippen molar-refractivity contribution < 1.29 is 28.6 Å². The summed E-state index contributed by atoms with van der Waals surface area (Å²) in [7, 11) is 0. The largest absolute Gasteiger partial charge is 0.462 e. The Morgan fingerprint density at radius 2 is 0.481 bits per heavy atom. The predicted molar refractivity (Wildman–Crippen MR) is 353 cm³/mol. The van der Waals surface area contributed by atoms with Gasteiger partial charge in [-0.15, -0.1) is 0 Å².